The van der Waals surface area contributed by atoms with Gasteiger partial charge < -0.3 is 25.5 Å². The topological polar surface area (TPSA) is 110 Å². The molecular weight excluding hydrogens is 393 g/mol. The fourth-order valence-electron chi connectivity index (χ4n) is 3.09. The zero-order chi connectivity index (χ0) is 21.3. The molecule has 0 spiro atoms. The van der Waals surface area contributed by atoms with Crippen molar-refractivity contribution >= 4 is 11.8 Å². The lowest BCUT2D eigenvalue weighted by Gasteiger charge is -2.32. The fraction of sp³-hybridized carbons (Fsp3) is 0.263. The van der Waals surface area contributed by atoms with Crippen LogP contribution >= 0.6 is 0 Å². The molecule has 1 saturated heterocycles. The van der Waals surface area contributed by atoms with E-state index in [1.165, 1.54) is 4.90 Å². The van der Waals surface area contributed by atoms with Crippen molar-refractivity contribution in [2.24, 2.45) is 0 Å². The third-order valence-electron chi connectivity index (χ3n) is 4.71. The highest BCUT2D eigenvalue weighted by Crippen LogP contribution is 2.35. The molecule has 0 atom stereocenters. The van der Waals surface area contributed by atoms with Crippen molar-refractivity contribution in [3.63, 3.8) is 0 Å². The van der Waals surface area contributed by atoms with Crippen molar-refractivity contribution in [2.75, 3.05) is 13.1 Å². The van der Waals surface area contributed by atoms with E-state index in [9.17, 15) is 38.1 Å². The predicted molar refractivity (Wildman–Crippen MR) is 94.1 cm³/mol. The van der Waals surface area contributed by atoms with E-state index in [2.05, 4.69) is 5.32 Å². The summed E-state index contributed by atoms with van der Waals surface area (Å²) in [6.07, 6.45) is 0.637. The molecule has 1 aliphatic rings. The number of nitrogens with one attached hydrogen (secondary N) is 1. The van der Waals surface area contributed by atoms with Gasteiger partial charge in [-0.3, -0.25) is 9.59 Å². The Bertz CT molecular complexity index is 952. The smallest absolute Gasteiger partial charge is 0.256 e. The summed E-state index contributed by atoms with van der Waals surface area (Å²) < 4.78 is 40.2. The van der Waals surface area contributed by atoms with E-state index in [1.807, 2.05) is 0 Å². The quantitative estimate of drug-likeness (QED) is 0.458. The number of amides is 2. The number of piperidine rings is 1. The second kappa shape index (κ2) is 7.90. The molecular formula is C19H17F3N2O5. The largest absolute Gasteiger partial charge is 0.504 e. The van der Waals surface area contributed by atoms with Crippen LogP contribution in [0.15, 0.2) is 24.3 Å². The molecule has 7 nitrogen and oxygen atoms in total. The molecule has 2 aromatic carbocycles. The van der Waals surface area contributed by atoms with Crippen LogP contribution < -0.4 is 5.32 Å². The first-order chi connectivity index (χ1) is 13.7. The number of hydrogen-bond acceptors (Lipinski definition) is 5. The summed E-state index contributed by atoms with van der Waals surface area (Å²) in [5, 5.41) is 31.0. The lowest BCUT2D eigenvalue weighted by molar-refractivity contribution is 0.0692. The highest BCUT2D eigenvalue weighted by Gasteiger charge is 2.28. The first kappa shape index (κ1) is 20.3. The molecule has 29 heavy (non-hydrogen) atoms. The van der Waals surface area contributed by atoms with Gasteiger partial charge in [0.05, 0.1) is 5.56 Å². The molecule has 0 bridgehead atoms. The number of phenols is 3. The fourth-order valence-corrected chi connectivity index (χ4v) is 3.09. The van der Waals surface area contributed by atoms with Gasteiger partial charge in [0.1, 0.15) is 0 Å². The van der Waals surface area contributed by atoms with Crippen LogP contribution in [0.3, 0.4) is 0 Å². The number of nitrogens with zero attached hydrogens (tertiary/aromatic N) is 1. The molecule has 2 amide bonds. The number of likely N-dealkylation sites (tertiary alicyclic amines) is 1. The minimum atomic E-state index is -1.71. The van der Waals surface area contributed by atoms with Crippen LogP contribution in [0.4, 0.5) is 13.2 Å². The van der Waals surface area contributed by atoms with Crippen LogP contribution in [-0.4, -0.2) is 51.2 Å². The molecule has 3 rings (SSSR count). The summed E-state index contributed by atoms with van der Waals surface area (Å²) in [4.78, 5) is 25.9. The van der Waals surface area contributed by atoms with Crippen molar-refractivity contribution in [3.8, 4) is 17.2 Å². The Morgan fingerprint density at radius 1 is 0.966 bits per heavy atom. The SMILES string of the molecule is O=C(NC1CCN(C(=O)c2ccc(F)c(F)c2F)CC1)c1cc(O)c(O)c(O)c1. The third-order valence-corrected chi connectivity index (χ3v) is 4.71. The molecule has 1 heterocycles. The summed E-state index contributed by atoms with van der Waals surface area (Å²) >= 11 is 0. The van der Waals surface area contributed by atoms with Gasteiger partial charge >= 0.3 is 0 Å². The molecule has 1 aliphatic heterocycles. The van der Waals surface area contributed by atoms with Crippen molar-refractivity contribution < 1.29 is 38.1 Å². The van der Waals surface area contributed by atoms with E-state index >= 15 is 0 Å². The molecule has 0 saturated carbocycles. The van der Waals surface area contributed by atoms with Crippen LogP contribution in [0.1, 0.15) is 33.6 Å². The average Bonchev–Trinajstić information content (AvgIpc) is 2.70. The maximum absolute atomic E-state index is 13.8. The monoisotopic (exact) mass is 410 g/mol. The third kappa shape index (κ3) is 4.05. The Hall–Kier alpha value is -3.43. The maximum Gasteiger partial charge on any atom is 0.256 e. The van der Waals surface area contributed by atoms with Crippen LogP contribution in [0, 0.1) is 17.5 Å². The van der Waals surface area contributed by atoms with E-state index in [0.717, 1.165) is 18.2 Å². The number of hydrogen-bond donors (Lipinski definition) is 4. The predicted octanol–water partition coefficient (Wildman–Crippen LogP) is 2.26. The number of phenolic OH excluding ortho intramolecular Hbond substituents is 3. The van der Waals surface area contributed by atoms with Gasteiger partial charge in [-0.1, -0.05) is 0 Å². The van der Waals surface area contributed by atoms with Crippen LogP contribution in [-0.2, 0) is 0 Å². The molecule has 4 N–H and O–H groups in total. The molecule has 0 aliphatic carbocycles. The average molecular weight is 410 g/mol. The van der Waals surface area contributed by atoms with E-state index in [1.54, 1.807) is 0 Å². The van der Waals surface area contributed by atoms with Crippen molar-refractivity contribution in [1.29, 1.82) is 0 Å². The van der Waals surface area contributed by atoms with Crippen molar-refractivity contribution in [2.45, 2.75) is 18.9 Å². The van der Waals surface area contributed by atoms with E-state index in [4.69, 9.17) is 0 Å². The lowest BCUT2D eigenvalue weighted by atomic mass is 10.0. The second-order valence-corrected chi connectivity index (χ2v) is 6.63. The van der Waals surface area contributed by atoms with Gasteiger partial charge in [-0.25, -0.2) is 13.2 Å². The highest BCUT2D eigenvalue weighted by atomic mass is 19.2. The molecule has 0 unspecified atom stereocenters. The molecule has 154 valence electrons. The number of halogens is 3. The molecule has 1 fully saturated rings. The zero-order valence-electron chi connectivity index (χ0n) is 15.0. The van der Waals surface area contributed by atoms with Gasteiger partial charge in [0.25, 0.3) is 11.8 Å². The highest BCUT2D eigenvalue weighted by molar-refractivity contribution is 5.96. The minimum Gasteiger partial charge on any atom is -0.504 e. The lowest BCUT2D eigenvalue weighted by Crippen LogP contribution is -2.46. The van der Waals surface area contributed by atoms with Gasteiger partial charge in [0.15, 0.2) is 34.7 Å². The maximum atomic E-state index is 13.8. The second-order valence-electron chi connectivity index (χ2n) is 6.63. The number of benzene rings is 2. The Morgan fingerprint density at radius 2 is 1.55 bits per heavy atom. The summed E-state index contributed by atoms with van der Waals surface area (Å²) in [5.41, 5.74) is -0.637. The van der Waals surface area contributed by atoms with Crippen molar-refractivity contribution in [1.82, 2.24) is 10.2 Å². The number of carbonyl (C=O) groups is 2. The Labute approximate surface area is 163 Å². The Balaban J connectivity index is 1.61. The molecule has 0 aromatic heterocycles. The standard InChI is InChI=1S/C19H17F3N2O5/c20-12-2-1-11(15(21)16(12)22)19(29)24-5-3-10(4-6-24)23-18(28)9-7-13(25)17(27)14(26)8-9/h1-2,7-8,10,25-27H,3-6H2,(H,23,28). The zero-order valence-corrected chi connectivity index (χ0v) is 15.0. The number of aromatic hydroxyl groups is 3. The van der Waals surface area contributed by atoms with Gasteiger partial charge in [-0.2, -0.15) is 0 Å². The van der Waals surface area contributed by atoms with Crippen molar-refractivity contribution in [3.05, 3.63) is 52.8 Å². The summed E-state index contributed by atoms with van der Waals surface area (Å²) in [6.45, 7) is 0.294. The van der Waals surface area contributed by atoms with Gasteiger partial charge in [0.2, 0.25) is 0 Å². The van der Waals surface area contributed by atoms with E-state index in [0.29, 0.717) is 18.9 Å². The first-order valence-corrected chi connectivity index (χ1v) is 8.67. The molecule has 10 heteroatoms. The van der Waals surface area contributed by atoms with Crippen LogP contribution in [0.25, 0.3) is 0 Å². The van der Waals surface area contributed by atoms with Crippen LogP contribution in [0.2, 0.25) is 0 Å². The Kier molecular flexibility index (Phi) is 5.53. The summed E-state index contributed by atoms with van der Waals surface area (Å²) in [7, 11) is 0. The van der Waals surface area contributed by atoms with Crippen LogP contribution in [0.5, 0.6) is 17.2 Å². The minimum absolute atomic E-state index is 0.0693. The molecule has 0 radical (unpaired) electrons. The summed E-state index contributed by atoms with van der Waals surface area (Å²) in [6, 6.07) is 3.21. The van der Waals surface area contributed by atoms with E-state index < -0.39 is 52.1 Å². The first-order valence-electron chi connectivity index (χ1n) is 8.67. The van der Waals surface area contributed by atoms with Gasteiger partial charge in [-0.05, 0) is 37.1 Å². The van der Waals surface area contributed by atoms with E-state index in [-0.39, 0.29) is 24.7 Å². The number of rotatable bonds is 3. The van der Waals surface area contributed by atoms with Gasteiger partial charge in [-0.15, -0.1) is 0 Å². The normalized spacial score (nSPS) is 14.7. The number of carbonyl (C=O) groups excluding carboxylic acids is 2. The summed E-state index contributed by atoms with van der Waals surface area (Å²) in [5.74, 6) is -8.06. The van der Waals surface area contributed by atoms with Gasteiger partial charge in [0, 0.05) is 24.7 Å². The molecule has 2 aromatic rings. The Morgan fingerprint density at radius 3 is 2.14 bits per heavy atom.